The predicted molar refractivity (Wildman–Crippen MR) is 137 cm³/mol. The van der Waals surface area contributed by atoms with Gasteiger partial charge < -0.3 is 25.4 Å². The molecule has 9 nitrogen and oxygen atoms in total. The maximum absolute atomic E-state index is 13.9. The third-order valence-electron chi connectivity index (χ3n) is 8.24. The maximum Gasteiger partial charge on any atom is 0.244 e. The second-order valence-electron chi connectivity index (χ2n) is 10.4. The zero-order valence-electron chi connectivity index (χ0n) is 20.8. The number of carbonyl (C=O) groups is 3. The molecule has 0 aromatic heterocycles. The fourth-order valence-corrected chi connectivity index (χ4v) is 8.97. The van der Waals surface area contributed by atoms with Gasteiger partial charge in [-0.15, -0.1) is 11.8 Å². The summed E-state index contributed by atoms with van der Waals surface area (Å²) in [5.41, 5.74) is 0.702. The Morgan fingerprint density at radius 2 is 1.89 bits per heavy atom. The predicted octanol–water partition coefficient (Wildman–Crippen LogP) is 0.937. The number of fused-ring (bicyclic) bond motifs is 1. The minimum absolute atomic E-state index is 0.0599. The summed E-state index contributed by atoms with van der Waals surface area (Å²) in [6.07, 6.45) is 1.89. The Hall–Kier alpha value is -2.14. The fraction of sp³-hybridized carbons (Fsp3) is 0.654. The molecule has 196 valence electrons. The van der Waals surface area contributed by atoms with Gasteiger partial charge in [0.15, 0.2) is 0 Å². The molecule has 5 atom stereocenters. The molecular formula is C26H36N4O5S. The Bertz CT molecular complexity index is 990. The Kier molecular flexibility index (Phi) is 7.31. The van der Waals surface area contributed by atoms with E-state index in [2.05, 4.69) is 22.5 Å². The van der Waals surface area contributed by atoms with Crippen LogP contribution in [-0.4, -0.2) is 101 Å². The monoisotopic (exact) mass is 516 g/mol. The molecule has 1 aromatic carbocycles. The number of nitrogens with one attached hydrogen (secondary N) is 2. The first-order valence-electron chi connectivity index (χ1n) is 12.9. The average molecular weight is 517 g/mol. The van der Waals surface area contributed by atoms with Crippen LogP contribution in [0.25, 0.3) is 0 Å². The van der Waals surface area contributed by atoms with Crippen LogP contribution in [0.3, 0.4) is 0 Å². The van der Waals surface area contributed by atoms with E-state index in [0.717, 1.165) is 32.5 Å². The highest BCUT2D eigenvalue weighted by Gasteiger charge is 2.76. The van der Waals surface area contributed by atoms with Gasteiger partial charge in [-0.25, -0.2) is 0 Å². The van der Waals surface area contributed by atoms with Crippen molar-refractivity contribution in [3.63, 3.8) is 0 Å². The summed E-state index contributed by atoms with van der Waals surface area (Å²) in [5, 5.41) is 15.6. The van der Waals surface area contributed by atoms with E-state index >= 15 is 0 Å². The minimum atomic E-state index is -0.646. The number of ether oxygens (including phenoxy) is 1. The molecule has 5 rings (SSSR count). The van der Waals surface area contributed by atoms with Crippen LogP contribution in [0.15, 0.2) is 30.3 Å². The number of anilines is 1. The second kappa shape index (κ2) is 10.3. The van der Waals surface area contributed by atoms with Gasteiger partial charge in [-0.3, -0.25) is 19.3 Å². The molecule has 3 amide bonds. The average Bonchev–Trinajstić information content (AvgIpc) is 3.44. The molecule has 4 saturated heterocycles. The topological polar surface area (TPSA) is 111 Å². The molecule has 10 heteroatoms. The summed E-state index contributed by atoms with van der Waals surface area (Å²) in [7, 11) is 0. The first-order chi connectivity index (χ1) is 17.4. The molecule has 36 heavy (non-hydrogen) atoms. The number of benzene rings is 1. The SMILES string of the molecule is C[C@]12CCC3(S1)C(C(=O)NCCN1CCOCC1)N(CCCO)C(=O)[C@@H]3[C@H]2C(=O)Nc1ccccc1. The van der Waals surface area contributed by atoms with Gasteiger partial charge in [0.05, 0.1) is 29.8 Å². The second-order valence-corrected chi connectivity index (χ2v) is 12.3. The zero-order chi connectivity index (χ0) is 25.3. The lowest BCUT2D eigenvalue weighted by molar-refractivity contribution is -0.139. The highest BCUT2D eigenvalue weighted by Crippen LogP contribution is 2.71. The number of aliphatic hydroxyl groups is 1. The molecule has 0 aliphatic carbocycles. The quantitative estimate of drug-likeness (QED) is 0.448. The lowest BCUT2D eigenvalue weighted by atomic mass is 9.66. The summed E-state index contributed by atoms with van der Waals surface area (Å²) in [6.45, 7) is 6.64. The number of amides is 3. The van der Waals surface area contributed by atoms with E-state index in [4.69, 9.17) is 4.74 Å². The van der Waals surface area contributed by atoms with E-state index < -0.39 is 27.4 Å². The Labute approximate surface area is 216 Å². The van der Waals surface area contributed by atoms with E-state index in [1.165, 1.54) is 0 Å². The van der Waals surface area contributed by atoms with Crippen molar-refractivity contribution in [2.75, 3.05) is 57.9 Å². The number of likely N-dealkylation sites (tertiary alicyclic amines) is 1. The van der Waals surface area contributed by atoms with Crippen molar-refractivity contribution < 1.29 is 24.2 Å². The molecule has 2 bridgehead atoms. The number of para-hydroxylation sites is 1. The summed E-state index contributed by atoms with van der Waals surface area (Å²) < 4.78 is 4.35. The van der Waals surface area contributed by atoms with Gasteiger partial charge in [-0.2, -0.15) is 0 Å². The number of aliphatic hydroxyl groups excluding tert-OH is 1. The molecule has 2 unspecified atom stereocenters. The van der Waals surface area contributed by atoms with E-state index in [0.29, 0.717) is 38.4 Å². The summed E-state index contributed by atoms with van der Waals surface area (Å²) in [5.74, 6) is -1.53. The van der Waals surface area contributed by atoms with Gasteiger partial charge in [0.2, 0.25) is 17.7 Å². The smallest absolute Gasteiger partial charge is 0.244 e. The van der Waals surface area contributed by atoms with Crippen molar-refractivity contribution in [2.45, 2.75) is 41.7 Å². The molecule has 1 spiro atoms. The Balaban J connectivity index is 1.37. The number of rotatable bonds is 9. The number of thioether (sulfide) groups is 1. The van der Waals surface area contributed by atoms with Crippen LogP contribution in [0.1, 0.15) is 26.2 Å². The van der Waals surface area contributed by atoms with Gasteiger partial charge >= 0.3 is 0 Å². The first-order valence-corrected chi connectivity index (χ1v) is 13.8. The summed E-state index contributed by atoms with van der Waals surface area (Å²) in [4.78, 5) is 45.0. The van der Waals surface area contributed by atoms with Crippen molar-refractivity contribution in [1.29, 1.82) is 0 Å². The van der Waals surface area contributed by atoms with Crippen molar-refractivity contribution in [2.24, 2.45) is 11.8 Å². The summed E-state index contributed by atoms with van der Waals surface area (Å²) in [6, 6.07) is 8.65. The third-order valence-corrected chi connectivity index (χ3v) is 10.2. The van der Waals surface area contributed by atoms with Crippen LogP contribution in [0.2, 0.25) is 0 Å². The van der Waals surface area contributed by atoms with Gasteiger partial charge in [0.25, 0.3) is 0 Å². The van der Waals surface area contributed by atoms with Crippen LogP contribution in [0.5, 0.6) is 0 Å². The van der Waals surface area contributed by atoms with Crippen LogP contribution >= 0.6 is 11.8 Å². The fourth-order valence-electron chi connectivity index (χ4n) is 6.61. The Morgan fingerprint density at radius 3 is 2.61 bits per heavy atom. The first kappa shape index (κ1) is 25.5. The molecule has 4 heterocycles. The number of hydrogen-bond acceptors (Lipinski definition) is 7. The number of nitrogens with zero attached hydrogens (tertiary/aromatic N) is 2. The molecule has 0 radical (unpaired) electrons. The van der Waals surface area contributed by atoms with E-state index in [-0.39, 0.29) is 24.3 Å². The normalized spacial score (nSPS) is 33.6. The molecule has 4 aliphatic rings. The van der Waals surface area contributed by atoms with E-state index in [9.17, 15) is 19.5 Å². The lowest BCUT2D eigenvalue weighted by Crippen LogP contribution is -2.54. The van der Waals surface area contributed by atoms with Gasteiger partial charge in [-0.05, 0) is 38.3 Å². The van der Waals surface area contributed by atoms with Crippen molar-refractivity contribution in [3.8, 4) is 0 Å². The molecule has 1 aromatic rings. The minimum Gasteiger partial charge on any atom is -0.396 e. The maximum atomic E-state index is 13.9. The Morgan fingerprint density at radius 1 is 1.14 bits per heavy atom. The molecule has 3 N–H and O–H groups in total. The third kappa shape index (κ3) is 4.42. The number of hydrogen-bond donors (Lipinski definition) is 3. The van der Waals surface area contributed by atoms with Crippen LogP contribution in [0, 0.1) is 11.8 Å². The van der Waals surface area contributed by atoms with Gasteiger partial charge in [0.1, 0.15) is 6.04 Å². The number of morpholine rings is 1. The molecule has 0 saturated carbocycles. The van der Waals surface area contributed by atoms with Crippen molar-refractivity contribution in [3.05, 3.63) is 30.3 Å². The van der Waals surface area contributed by atoms with Crippen LogP contribution < -0.4 is 10.6 Å². The van der Waals surface area contributed by atoms with Crippen LogP contribution in [0.4, 0.5) is 5.69 Å². The van der Waals surface area contributed by atoms with Crippen LogP contribution in [-0.2, 0) is 19.1 Å². The van der Waals surface area contributed by atoms with E-state index in [1.54, 1.807) is 16.7 Å². The molecule has 4 fully saturated rings. The summed E-state index contributed by atoms with van der Waals surface area (Å²) >= 11 is 1.66. The molecular weight excluding hydrogens is 480 g/mol. The van der Waals surface area contributed by atoms with Crippen molar-refractivity contribution >= 4 is 35.2 Å². The lowest BCUT2D eigenvalue weighted by Gasteiger charge is -2.35. The zero-order valence-corrected chi connectivity index (χ0v) is 21.6. The van der Waals surface area contributed by atoms with E-state index in [1.807, 2.05) is 30.3 Å². The van der Waals surface area contributed by atoms with Gasteiger partial charge in [-0.1, -0.05) is 18.2 Å². The number of carbonyl (C=O) groups excluding carboxylic acids is 3. The molecule has 4 aliphatic heterocycles. The highest BCUT2D eigenvalue weighted by molar-refractivity contribution is 8.02. The van der Waals surface area contributed by atoms with Crippen molar-refractivity contribution in [1.82, 2.24) is 15.1 Å². The largest absolute Gasteiger partial charge is 0.396 e. The highest BCUT2D eigenvalue weighted by atomic mass is 32.2. The standard InChI is InChI=1S/C26H36N4O5S/c1-25-8-9-26(36-25)20(19(25)22(32)28-18-6-3-2-4-7-18)24(34)30(11-5-15-31)21(26)23(33)27-10-12-29-13-16-35-17-14-29/h2-4,6-7,19-21,31H,5,8-17H2,1H3,(H,27,33)(H,28,32)/t19-,20-,21?,25+,26?/m0/s1. The van der Waals surface area contributed by atoms with Gasteiger partial charge in [0, 0.05) is 49.8 Å².